The lowest BCUT2D eigenvalue weighted by molar-refractivity contribution is -0.123. The van der Waals surface area contributed by atoms with E-state index in [4.69, 9.17) is 11.6 Å². The molecule has 0 aliphatic rings. The topological polar surface area (TPSA) is 51.0 Å². The van der Waals surface area contributed by atoms with Gasteiger partial charge in [-0.1, -0.05) is 31.0 Å². The number of imidazole rings is 1. The number of thioether (sulfide) groups is 1. The van der Waals surface area contributed by atoms with E-state index < -0.39 is 0 Å². The van der Waals surface area contributed by atoms with Gasteiger partial charge in [0, 0.05) is 32.6 Å². The number of hydrogen-bond acceptors (Lipinski definition) is 4. The molecule has 2 rings (SSSR count). The molecule has 2 aromatic rings. The Labute approximate surface area is 145 Å². The first-order valence-electron chi connectivity index (χ1n) is 7.54. The lowest BCUT2D eigenvalue weighted by Crippen LogP contribution is -2.18. The van der Waals surface area contributed by atoms with Gasteiger partial charge in [0.15, 0.2) is 0 Å². The molecule has 0 bridgehead atoms. The van der Waals surface area contributed by atoms with Crippen molar-refractivity contribution in [2.75, 3.05) is 19.8 Å². The second-order valence-corrected chi connectivity index (χ2v) is 6.76. The second kappa shape index (κ2) is 8.36. The monoisotopic (exact) mass is 352 g/mol. The van der Waals surface area contributed by atoms with E-state index in [0.717, 1.165) is 35.4 Å². The van der Waals surface area contributed by atoms with Gasteiger partial charge in [-0.3, -0.25) is 4.79 Å². The van der Waals surface area contributed by atoms with Gasteiger partial charge in [0.2, 0.25) is 5.91 Å². The number of rotatable bonds is 7. The van der Waals surface area contributed by atoms with Gasteiger partial charge in [0.25, 0.3) is 0 Å². The molecule has 0 saturated carbocycles. The zero-order chi connectivity index (χ0) is 16.8. The first kappa shape index (κ1) is 17.8. The fourth-order valence-electron chi connectivity index (χ4n) is 2.05. The SMILES string of the molecule is CCCCn1cnc2c(Cl)cnc(SCC=CC(=O)N(C)C)c21. The van der Waals surface area contributed by atoms with Crippen molar-refractivity contribution in [1.82, 2.24) is 19.4 Å². The molecule has 0 spiro atoms. The minimum Gasteiger partial charge on any atom is -0.345 e. The minimum atomic E-state index is -0.0206. The van der Waals surface area contributed by atoms with Crippen molar-refractivity contribution in [3.05, 3.63) is 29.7 Å². The summed E-state index contributed by atoms with van der Waals surface area (Å²) in [6.45, 7) is 3.06. The number of nitrogens with zero attached hydrogens (tertiary/aromatic N) is 4. The van der Waals surface area contributed by atoms with Gasteiger partial charge >= 0.3 is 0 Å². The normalized spacial score (nSPS) is 11.5. The molecular weight excluding hydrogens is 332 g/mol. The van der Waals surface area contributed by atoms with E-state index in [1.165, 1.54) is 0 Å². The van der Waals surface area contributed by atoms with Crippen molar-refractivity contribution < 1.29 is 4.79 Å². The van der Waals surface area contributed by atoms with E-state index in [1.807, 2.05) is 12.4 Å². The Balaban J connectivity index is 2.18. The molecule has 0 fully saturated rings. The van der Waals surface area contributed by atoms with Gasteiger partial charge in [-0.05, 0) is 12.5 Å². The molecule has 0 N–H and O–H groups in total. The minimum absolute atomic E-state index is 0.0206. The predicted octanol–water partition coefficient (Wildman–Crippen LogP) is 3.62. The predicted molar refractivity (Wildman–Crippen MR) is 96.0 cm³/mol. The van der Waals surface area contributed by atoms with Crippen LogP contribution < -0.4 is 0 Å². The molecule has 124 valence electrons. The van der Waals surface area contributed by atoms with E-state index in [-0.39, 0.29) is 5.91 Å². The van der Waals surface area contributed by atoms with Crippen LogP contribution in [-0.2, 0) is 11.3 Å². The molecule has 0 saturated heterocycles. The summed E-state index contributed by atoms with van der Waals surface area (Å²) in [4.78, 5) is 21.9. The Morgan fingerprint density at radius 3 is 2.91 bits per heavy atom. The number of pyridine rings is 1. The van der Waals surface area contributed by atoms with Gasteiger partial charge in [-0.2, -0.15) is 0 Å². The average Bonchev–Trinajstić information content (AvgIpc) is 2.96. The third-order valence-corrected chi connectivity index (χ3v) is 4.54. The van der Waals surface area contributed by atoms with E-state index in [9.17, 15) is 4.79 Å². The number of carbonyl (C=O) groups excluding carboxylic acids is 1. The van der Waals surface area contributed by atoms with Crippen LogP contribution in [0, 0.1) is 0 Å². The molecule has 0 aliphatic carbocycles. The van der Waals surface area contributed by atoms with Crippen molar-refractivity contribution in [3.63, 3.8) is 0 Å². The summed E-state index contributed by atoms with van der Waals surface area (Å²) < 4.78 is 2.11. The number of carbonyl (C=O) groups is 1. The van der Waals surface area contributed by atoms with E-state index >= 15 is 0 Å². The molecule has 0 atom stereocenters. The Morgan fingerprint density at radius 1 is 1.43 bits per heavy atom. The number of halogens is 1. The number of hydrogen-bond donors (Lipinski definition) is 0. The van der Waals surface area contributed by atoms with Crippen LogP contribution in [0.5, 0.6) is 0 Å². The summed E-state index contributed by atoms with van der Waals surface area (Å²) >= 11 is 7.78. The van der Waals surface area contributed by atoms with Crippen LogP contribution in [0.4, 0.5) is 0 Å². The van der Waals surface area contributed by atoms with Crippen LogP contribution in [0.1, 0.15) is 19.8 Å². The maximum Gasteiger partial charge on any atom is 0.245 e. The zero-order valence-corrected chi connectivity index (χ0v) is 15.2. The molecule has 0 radical (unpaired) electrons. The highest BCUT2D eigenvalue weighted by molar-refractivity contribution is 7.99. The number of amides is 1. The van der Waals surface area contributed by atoms with Gasteiger partial charge < -0.3 is 9.47 Å². The lowest BCUT2D eigenvalue weighted by atomic mass is 10.3. The van der Waals surface area contributed by atoms with Gasteiger partial charge in [-0.25, -0.2) is 9.97 Å². The van der Waals surface area contributed by atoms with Gasteiger partial charge in [0.05, 0.1) is 11.3 Å². The standard InChI is InChI=1S/C16H21ClN4OS/c1-4-5-8-21-11-19-14-12(17)10-18-16(15(14)21)23-9-6-7-13(22)20(2)3/h6-7,10-11H,4-5,8-9H2,1-3H3. The maximum atomic E-state index is 11.5. The lowest BCUT2D eigenvalue weighted by Gasteiger charge is -2.07. The molecular formula is C16H21ClN4OS. The van der Waals surface area contributed by atoms with E-state index in [1.54, 1.807) is 43.0 Å². The maximum absolute atomic E-state index is 11.5. The highest BCUT2D eigenvalue weighted by Gasteiger charge is 2.12. The Kier molecular flexibility index (Phi) is 6.47. The van der Waals surface area contributed by atoms with Crippen molar-refractivity contribution in [2.24, 2.45) is 0 Å². The van der Waals surface area contributed by atoms with Crippen LogP contribution in [0.15, 0.2) is 29.7 Å². The molecule has 2 aromatic heterocycles. The Bertz CT molecular complexity index is 711. The Hall–Kier alpha value is -1.53. The summed E-state index contributed by atoms with van der Waals surface area (Å²) in [6.07, 6.45) is 9.09. The number of likely N-dealkylation sites (N-methyl/N-ethyl adjacent to an activating group) is 1. The van der Waals surface area contributed by atoms with Crippen molar-refractivity contribution >= 4 is 40.3 Å². The molecule has 0 aliphatic heterocycles. The number of aryl methyl sites for hydroxylation is 1. The second-order valence-electron chi connectivity index (χ2n) is 5.35. The fraction of sp³-hybridized carbons (Fsp3) is 0.438. The van der Waals surface area contributed by atoms with Crippen molar-refractivity contribution in [1.29, 1.82) is 0 Å². The third kappa shape index (κ3) is 4.48. The Morgan fingerprint density at radius 2 is 2.22 bits per heavy atom. The van der Waals surface area contributed by atoms with Crippen LogP contribution in [0.3, 0.4) is 0 Å². The molecule has 1 amide bonds. The van der Waals surface area contributed by atoms with Crippen LogP contribution in [0.2, 0.25) is 5.02 Å². The largest absolute Gasteiger partial charge is 0.345 e. The van der Waals surface area contributed by atoms with Gasteiger partial charge in [0.1, 0.15) is 16.1 Å². The molecule has 0 unspecified atom stereocenters. The van der Waals surface area contributed by atoms with Gasteiger partial charge in [-0.15, -0.1) is 11.8 Å². The summed E-state index contributed by atoms with van der Waals surface area (Å²) in [6, 6.07) is 0. The molecule has 5 nitrogen and oxygen atoms in total. The van der Waals surface area contributed by atoms with Crippen LogP contribution >= 0.6 is 23.4 Å². The van der Waals surface area contributed by atoms with E-state index in [0.29, 0.717) is 10.8 Å². The summed E-state index contributed by atoms with van der Waals surface area (Å²) in [7, 11) is 3.47. The van der Waals surface area contributed by atoms with Crippen LogP contribution in [-0.4, -0.2) is 45.2 Å². The zero-order valence-electron chi connectivity index (χ0n) is 13.6. The highest BCUT2D eigenvalue weighted by atomic mass is 35.5. The van der Waals surface area contributed by atoms with Crippen molar-refractivity contribution in [2.45, 2.75) is 31.3 Å². The van der Waals surface area contributed by atoms with Crippen molar-refractivity contribution in [3.8, 4) is 0 Å². The smallest absolute Gasteiger partial charge is 0.245 e. The highest BCUT2D eigenvalue weighted by Crippen LogP contribution is 2.30. The number of fused-ring (bicyclic) bond motifs is 1. The molecule has 0 aromatic carbocycles. The summed E-state index contributed by atoms with van der Waals surface area (Å²) in [5.41, 5.74) is 1.76. The molecule has 2 heterocycles. The number of aromatic nitrogens is 3. The quantitative estimate of drug-likeness (QED) is 0.564. The summed E-state index contributed by atoms with van der Waals surface area (Å²) in [5, 5.41) is 1.46. The number of unbranched alkanes of at least 4 members (excludes halogenated alkanes) is 1. The third-order valence-electron chi connectivity index (χ3n) is 3.33. The summed E-state index contributed by atoms with van der Waals surface area (Å²) in [5.74, 6) is 0.648. The fourth-order valence-corrected chi connectivity index (χ4v) is 3.06. The van der Waals surface area contributed by atoms with Crippen LogP contribution in [0.25, 0.3) is 11.0 Å². The molecule has 7 heteroatoms. The van der Waals surface area contributed by atoms with E-state index in [2.05, 4.69) is 21.5 Å². The molecule has 23 heavy (non-hydrogen) atoms. The first-order chi connectivity index (χ1) is 11.0. The average molecular weight is 353 g/mol. The first-order valence-corrected chi connectivity index (χ1v) is 8.91.